The number of carbonyl (C=O) groups is 2. The Labute approximate surface area is 132 Å². The third kappa shape index (κ3) is 4.53. The van der Waals surface area contributed by atoms with Crippen LogP contribution in [0.2, 0.25) is 0 Å². The van der Waals surface area contributed by atoms with Gasteiger partial charge in [0.15, 0.2) is 5.78 Å². The maximum absolute atomic E-state index is 12.1. The molecular weight excluding hydrogens is 330 g/mol. The maximum atomic E-state index is 12.1. The number of hydrogen-bond acceptors (Lipinski definition) is 2. The molecule has 0 aliphatic heterocycles. The van der Waals surface area contributed by atoms with Crippen LogP contribution in [-0.2, 0) is 11.2 Å². The average molecular weight is 346 g/mol. The van der Waals surface area contributed by atoms with Crippen LogP contribution in [0.4, 0.5) is 0 Å². The van der Waals surface area contributed by atoms with Crippen LogP contribution in [0.25, 0.3) is 0 Å². The van der Waals surface area contributed by atoms with Crippen LogP contribution in [0.15, 0.2) is 59.1 Å². The Morgan fingerprint density at radius 3 is 2.24 bits per heavy atom. The summed E-state index contributed by atoms with van der Waals surface area (Å²) in [6.07, 6.45) is 0.487. The lowest BCUT2D eigenvalue weighted by atomic mass is 10.0. The molecule has 1 unspecified atom stereocenters. The standard InChI is InChI=1S/C17H16BrNO2/c1-12(20)16(11-13-7-9-15(18)10-8-13)19-17(21)14-5-3-2-4-6-14/h2-10,16H,11H2,1H3,(H,19,21). The second-order valence-corrected chi connectivity index (χ2v) is 5.75. The number of amides is 1. The minimum absolute atomic E-state index is 0.0535. The minimum atomic E-state index is -0.515. The van der Waals surface area contributed by atoms with E-state index in [1.807, 2.05) is 30.3 Å². The summed E-state index contributed by atoms with van der Waals surface area (Å²) in [5, 5.41) is 2.80. The second kappa shape index (κ2) is 7.18. The molecule has 0 radical (unpaired) electrons. The number of halogens is 1. The first-order chi connectivity index (χ1) is 10.1. The van der Waals surface area contributed by atoms with E-state index in [0.717, 1.165) is 10.0 Å². The number of Topliss-reactive ketones (excluding diaryl/α,β-unsaturated/α-hetero) is 1. The lowest BCUT2D eigenvalue weighted by molar-refractivity contribution is -0.118. The molecule has 3 nitrogen and oxygen atoms in total. The summed E-state index contributed by atoms with van der Waals surface area (Å²) in [7, 11) is 0. The van der Waals surface area contributed by atoms with Crippen molar-refractivity contribution in [3.05, 3.63) is 70.2 Å². The van der Waals surface area contributed by atoms with Crippen LogP contribution >= 0.6 is 15.9 Å². The van der Waals surface area contributed by atoms with E-state index in [1.54, 1.807) is 24.3 Å². The molecule has 108 valence electrons. The Hall–Kier alpha value is -1.94. The van der Waals surface area contributed by atoms with Crippen molar-refractivity contribution in [2.75, 3.05) is 0 Å². The van der Waals surface area contributed by atoms with E-state index >= 15 is 0 Å². The van der Waals surface area contributed by atoms with Crippen molar-refractivity contribution < 1.29 is 9.59 Å². The van der Waals surface area contributed by atoms with E-state index in [1.165, 1.54) is 6.92 Å². The Balaban J connectivity index is 2.07. The highest BCUT2D eigenvalue weighted by Gasteiger charge is 2.18. The highest BCUT2D eigenvalue weighted by Crippen LogP contribution is 2.12. The molecule has 0 saturated carbocycles. The van der Waals surface area contributed by atoms with E-state index in [-0.39, 0.29) is 11.7 Å². The number of rotatable bonds is 5. The Kier molecular flexibility index (Phi) is 5.28. The third-order valence-electron chi connectivity index (χ3n) is 3.19. The lowest BCUT2D eigenvalue weighted by Crippen LogP contribution is -2.41. The first kappa shape index (κ1) is 15.4. The molecule has 0 aromatic heterocycles. The van der Waals surface area contributed by atoms with Crippen molar-refractivity contribution in [1.82, 2.24) is 5.32 Å². The Bertz CT molecular complexity index is 623. The van der Waals surface area contributed by atoms with Gasteiger partial charge in [0.05, 0.1) is 6.04 Å². The van der Waals surface area contributed by atoms with Gasteiger partial charge in [-0.05, 0) is 43.2 Å². The highest BCUT2D eigenvalue weighted by molar-refractivity contribution is 9.10. The number of ketones is 1. The van der Waals surface area contributed by atoms with Gasteiger partial charge < -0.3 is 5.32 Å². The fourth-order valence-corrected chi connectivity index (χ4v) is 2.25. The van der Waals surface area contributed by atoms with Crippen LogP contribution in [0, 0.1) is 0 Å². The third-order valence-corrected chi connectivity index (χ3v) is 3.71. The summed E-state index contributed by atoms with van der Waals surface area (Å²) < 4.78 is 0.985. The van der Waals surface area contributed by atoms with Crippen LogP contribution in [-0.4, -0.2) is 17.7 Å². The van der Waals surface area contributed by atoms with Crippen molar-refractivity contribution in [2.45, 2.75) is 19.4 Å². The van der Waals surface area contributed by atoms with E-state index in [2.05, 4.69) is 21.2 Å². The molecule has 0 aliphatic carbocycles. The minimum Gasteiger partial charge on any atom is -0.342 e. The number of nitrogens with one attached hydrogen (secondary N) is 1. The van der Waals surface area contributed by atoms with Gasteiger partial charge >= 0.3 is 0 Å². The molecule has 0 saturated heterocycles. The van der Waals surface area contributed by atoms with Crippen LogP contribution in [0.3, 0.4) is 0 Å². The molecule has 0 aliphatic rings. The van der Waals surface area contributed by atoms with E-state index in [4.69, 9.17) is 0 Å². The van der Waals surface area contributed by atoms with Crippen molar-refractivity contribution in [1.29, 1.82) is 0 Å². The van der Waals surface area contributed by atoms with Crippen LogP contribution in [0.5, 0.6) is 0 Å². The van der Waals surface area contributed by atoms with Gasteiger partial charge in [-0.3, -0.25) is 9.59 Å². The van der Waals surface area contributed by atoms with Crippen molar-refractivity contribution in [2.24, 2.45) is 0 Å². The lowest BCUT2D eigenvalue weighted by Gasteiger charge is -2.16. The van der Waals surface area contributed by atoms with Gasteiger partial charge in [0, 0.05) is 10.0 Å². The zero-order valence-electron chi connectivity index (χ0n) is 11.7. The van der Waals surface area contributed by atoms with Gasteiger partial charge in [-0.15, -0.1) is 0 Å². The summed E-state index contributed by atoms with van der Waals surface area (Å²) in [6, 6.07) is 16.1. The van der Waals surface area contributed by atoms with Gasteiger partial charge in [0.1, 0.15) is 0 Å². The number of carbonyl (C=O) groups excluding carboxylic acids is 2. The summed E-state index contributed by atoms with van der Waals surface area (Å²) in [6.45, 7) is 1.49. The molecule has 21 heavy (non-hydrogen) atoms. The molecule has 4 heteroatoms. The fraction of sp³-hybridized carbons (Fsp3) is 0.176. The summed E-state index contributed by atoms with van der Waals surface area (Å²) in [5.74, 6) is -0.282. The summed E-state index contributed by atoms with van der Waals surface area (Å²) in [5.41, 5.74) is 1.56. The molecular formula is C17H16BrNO2. The molecule has 1 atom stereocenters. The van der Waals surface area contributed by atoms with E-state index < -0.39 is 6.04 Å². The molecule has 2 rings (SSSR count). The average Bonchev–Trinajstić information content (AvgIpc) is 2.49. The fourth-order valence-electron chi connectivity index (χ4n) is 1.98. The molecule has 0 bridgehead atoms. The molecule has 0 heterocycles. The van der Waals surface area contributed by atoms with E-state index in [0.29, 0.717) is 12.0 Å². The monoisotopic (exact) mass is 345 g/mol. The predicted octanol–water partition coefficient (Wildman–Crippen LogP) is 3.38. The second-order valence-electron chi connectivity index (χ2n) is 4.83. The zero-order chi connectivity index (χ0) is 15.2. The highest BCUT2D eigenvalue weighted by atomic mass is 79.9. The smallest absolute Gasteiger partial charge is 0.251 e. The van der Waals surface area contributed by atoms with Crippen LogP contribution in [0.1, 0.15) is 22.8 Å². The molecule has 1 amide bonds. The predicted molar refractivity (Wildman–Crippen MR) is 86.2 cm³/mol. The topological polar surface area (TPSA) is 46.2 Å². The maximum Gasteiger partial charge on any atom is 0.251 e. The normalized spacial score (nSPS) is 11.7. The molecule has 0 fully saturated rings. The Morgan fingerprint density at radius 1 is 1.05 bits per heavy atom. The largest absolute Gasteiger partial charge is 0.342 e. The van der Waals surface area contributed by atoms with Gasteiger partial charge in [-0.25, -0.2) is 0 Å². The molecule has 1 N–H and O–H groups in total. The molecule has 0 spiro atoms. The number of hydrogen-bond donors (Lipinski definition) is 1. The summed E-state index contributed by atoms with van der Waals surface area (Å²) >= 11 is 3.37. The zero-order valence-corrected chi connectivity index (χ0v) is 13.3. The number of benzene rings is 2. The SMILES string of the molecule is CC(=O)C(Cc1ccc(Br)cc1)NC(=O)c1ccccc1. The van der Waals surface area contributed by atoms with Crippen molar-refractivity contribution in [3.63, 3.8) is 0 Å². The van der Waals surface area contributed by atoms with Crippen molar-refractivity contribution >= 4 is 27.6 Å². The first-order valence-corrected chi connectivity index (χ1v) is 7.46. The quantitative estimate of drug-likeness (QED) is 0.902. The first-order valence-electron chi connectivity index (χ1n) is 6.67. The van der Waals surface area contributed by atoms with Gasteiger partial charge in [-0.2, -0.15) is 0 Å². The van der Waals surface area contributed by atoms with Gasteiger partial charge in [0.2, 0.25) is 0 Å². The molecule has 2 aromatic carbocycles. The molecule has 2 aromatic rings. The van der Waals surface area contributed by atoms with Crippen LogP contribution < -0.4 is 5.32 Å². The van der Waals surface area contributed by atoms with Crippen molar-refractivity contribution in [3.8, 4) is 0 Å². The van der Waals surface area contributed by atoms with Gasteiger partial charge in [-0.1, -0.05) is 46.3 Å². The van der Waals surface area contributed by atoms with Gasteiger partial charge in [0.25, 0.3) is 5.91 Å². The summed E-state index contributed by atoms with van der Waals surface area (Å²) in [4.78, 5) is 23.9. The Morgan fingerprint density at radius 2 is 1.67 bits per heavy atom. The van der Waals surface area contributed by atoms with E-state index in [9.17, 15) is 9.59 Å².